The summed E-state index contributed by atoms with van der Waals surface area (Å²) in [5.74, 6) is -1.51. The van der Waals surface area contributed by atoms with Crippen molar-refractivity contribution in [2.24, 2.45) is 0 Å². The van der Waals surface area contributed by atoms with Crippen LogP contribution in [0.4, 0.5) is 5.82 Å². The zero-order chi connectivity index (χ0) is 20.4. The number of thiophene rings is 1. The third-order valence-corrected chi connectivity index (χ3v) is 5.46. The number of hydrogen-bond donors (Lipinski definition) is 2. The molecule has 0 saturated carbocycles. The van der Waals surface area contributed by atoms with Crippen molar-refractivity contribution >= 4 is 29.0 Å². The van der Waals surface area contributed by atoms with Gasteiger partial charge in [-0.3, -0.25) is 14.6 Å². The number of amides is 1. The molecule has 1 aliphatic rings. The number of fused-ring (bicyclic) bond motifs is 1. The molecule has 0 atom stereocenters. The van der Waals surface area contributed by atoms with Crippen LogP contribution in [-0.4, -0.2) is 38.2 Å². The van der Waals surface area contributed by atoms with Gasteiger partial charge in [0.05, 0.1) is 17.2 Å². The van der Waals surface area contributed by atoms with E-state index in [0.717, 1.165) is 29.8 Å². The van der Waals surface area contributed by atoms with Gasteiger partial charge in [-0.2, -0.15) is 9.78 Å². The largest absolute Gasteiger partial charge is 0.459 e. The van der Waals surface area contributed by atoms with Gasteiger partial charge in [0.1, 0.15) is 11.5 Å². The van der Waals surface area contributed by atoms with E-state index in [1.54, 1.807) is 13.0 Å². The lowest BCUT2D eigenvalue weighted by molar-refractivity contribution is -0.152. The number of carbonyl (C=O) groups is 2. The van der Waals surface area contributed by atoms with Gasteiger partial charge in [-0.15, -0.1) is 11.3 Å². The lowest BCUT2D eigenvalue weighted by atomic mass is 9.97. The summed E-state index contributed by atoms with van der Waals surface area (Å²) in [6, 6.07) is 5.40. The normalized spacial score (nSPS) is 13.0. The topological polar surface area (TPSA) is 119 Å². The fourth-order valence-electron chi connectivity index (χ4n) is 3.23. The van der Waals surface area contributed by atoms with Crippen LogP contribution in [0.5, 0.6) is 0 Å². The Balaban J connectivity index is 1.77. The predicted molar refractivity (Wildman–Crippen MR) is 107 cm³/mol. The highest BCUT2D eigenvalue weighted by Gasteiger charge is 2.22. The molecule has 2 N–H and O–H groups in total. The van der Waals surface area contributed by atoms with Crippen molar-refractivity contribution in [2.45, 2.75) is 32.6 Å². The predicted octanol–water partition coefficient (Wildman–Crippen LogP) is 2.06. The first kappa shape index (κ1) is 19.1. The molecule has 0 saturated heterocycles. The maximum Gasteiger partial charge on any atom is 0.397 e. The average Bonchev–Trinajstić information content (AvgIpc) is 3.38. The van der Waals surface area contributed by atoms with Gasteiger partial charge in [0, 0.05) is 11.6 Å². The molecule has 10 heteroatoms. The minimum atomic E-state index is -0.996. The van der Waals surface area contributed by atoms with Crippen LogP contribution in [0.25, 0.3) is 16.5 Å². The van der Waals surface area contributed by atoms with Gasteiger partial charge in [0.15, 0.2) is 0 Å². The summed E-state index contributed by atoms with van der Waals surface area (Å²) in [6.07, 6.45) is 3.34. The molecular weight excluding hydrogens is 394 g/mol. The maximum atomic E-state index is 12.5. The summed E-state index contributed by atoms with van der Waals surface area (Å²) in [6.45, 7) is 1.71. The molecule has 0 unspecified atom stereocenters. The molecule has 3 aromatic rings. The van der Waals surface area contributed by atoms with Gasteiger partial charge in [0.2, 0.25) is 5.95 Å². The first-order valence-corrected chi connectivity index (χ1v) is 10.2. The van der Waals surface area contributed by atoms with Crippen LogP contribution < -0.4 is 10.9 Å². The summed E-state index contributed by atoms with van der Waals surface area (Å²) in [4.78, 5) is 44.6. The van der Waals surface area contributed by atoms with Crippen molar-refractivity contribution in [2.75, 3.05) is 11.9 Å². The van der Waals surface area contributed by atoms with E-state index in [4.69, 9.17) is 4.74 Å². The second kappa shape index (κ2) is 8.00. The van der Waals surface area contributed by atoms with E-state index in [-0.39, 0.29) is 23.9 Å². The SMILES string of the molecule is CCOC(=O)C(=O)Nc1cc(-c2cccs2)nn1-c1nc2c(c(=O)[nH]1)CCCC2. The van der Waals surface area contributed by atoms with Gasteiger partial charge in [-0.25, -0.2) is 9.78 Å². The van der Waals surface area contributed by atoms with Gasteiger partial charge in [-0.05, 0) is 44.1 Å². The number of rotatable bonds is 4. The number of ether oxygens (including phenoxy) is 1. The van der Waals surface area contributed by atoms with Gasteiger partial charge >= 0.3 is 11.9 Å². The van der Waals surface area contributed by atoms with Crippen LogP contribution >= 0.6 is 11.3 Å². The third kappa shape index (κ3) is 3.83. The second-order valence-corrected chi connectivity index (χ2v) is 7.45. The molecule has 0 spiro atoms. The Morgan fingerprint density at radius 1 is 1.34 bits per heavy atom. The van der Waals surface area contributed by atoms with Crippen molar-refractivity contribution in [1.29, 1.82) is 0 Å². The summed E-state index contributed by atoms with van der Waals surface area (Å²) < 4.78 is 6.08. The van der Waals surface area contributed by atoms with Gasteiger partial charge in [-0.1, -0.05) is 6.07 Å². The molecule has 150 valence electrons. The smallest absolute Gasteiger partial charge is 0.397 e. The molecular formula is C19H19N5O4S. The third-order valence-electron chi connectivity index (χ3n) is 4.57. The first-order chi connectivity index (χ1) is 14.1. The fourth-order valence-corrected chi connectivity index (χ4v) is 3.91. The number of anilines is 1. The number of aryl methyl sites for hydroxylation is 1. The zero-order valence-corrected chi connectivity index (χ0v) is 16.5. The monoisotopic (exact) mass is 413 g/mol. The van der Waals surface area contributed by atoms with E-state index in [1.807, 2.05) is 17.5 Å². The van der Waals surface area contributed by atoms with Crippen molar-refractivity contribution < 1.29 is 14.3 Å². The standard InChI is InChI=1S/C19H19N5O4S/c1-2-28-18(27)17(26)21-15-10-13(14-8-5-9-29-14)23-24(15)19-20-12-7-4-3-6-11(12)16(25)22-19/h5,8-10H,2-4,6-7H2,1H3,(H,21,26)(H,20,22,25). The Labute approximate surface area is 169 Å². The number of H-pyrrole nitrogens is 1. The number of nitrogens with one attached hydrogen (secondary N) is 2. The van der Waals surface area contributed by atoms with Crippen molar-refractivity contribution in [3.63, 3.8) is 0 Å². The number of esters is 1. The molecule has 1 amide bonds. The van der Waals surface area contributed by atoms with Crippen molar-refractivity contribution in [3.8, 4) is 16.5 Å². The first-order valence-electron chi connectivity index (χ1n) is 9.31. The van der Waals surface area contributed by atoms with E-state index < -0.39 is 11.9 Å². The van der Waals surface area contributed by atoms with E-state index >= 15 is 0 Å². The van der Waals surface area contributed by atoms with Gasteiger partial charge < -0.3 is 10.1 Å². The van der Waals surface area contributed by atoms with E-state index in [9.17, 15) is 14.4 Å². The number of hydrogen-bond acceptors (Lipinski definition) is 7. The highest BCUT2D eigenvalue weighted by Crippen LogP contribution is 2.27. The van der Waals surface area contributed by atoms with Crippen LogP contribution in [0, 0.1) is 0 Å². The zero-order valence-electron chi connectivity index (χ0n) is 15.7. The molecule has 4 rings (SSSR count). The summed E-state index contributed by atoms with van der Waals surface area (Å²) in [5.41, 5.74) is 1.81. The average molecular weight is 413 g/mol. The summed E-state index contributed by atoms with van der Waals surface area (Å²) in [7, 11) is 0. The Morgan fingerprint density at radius 3 is 2.93 bits per heavy atom. The van der Waals surface area contributed by atoms with Crippen molar-refractivity contribution in [1.82, 2.24) is 19.7 Å². The van der Waals surface area contributed by atoms with Crippen molar-refractivity contribution in [3.05, 3.63) is 45.2 Å². The Hall–Kier alpha value is -3.27. The Kier molecular flexibility index (Phi) is 5.26. The highest BCUT2D eigenvalue weighted by atomic mass is 32.1. The van der Waals surface area contributed by atoms with E-state index in [1.165, 1.54) is 16.0 Å². The van der Waals surface area contributed by atoms with E-state index in [0.29, 0.717) is 17.7 Å². The molecule has 3 aromatic heterocycles. The number of nitrogens with zero attached hydrogens (tertiary/aromatic N) is 3. The van der Waals surface area contributed by atoms with E-state index in [2.05, 4.69) is 20.4 Å². The van der Waals surface area contributed by atoms with Gasteiger partial charge in [0.25, 0.3) is 5.56 Å². The van der Waals surface area contributed by atoms with Crippen LogP contribution in [0.3, 0.4) is 0 Å². The van der Waals surface area contributed by atoms with Crippen LogP contribution in [-0.2, 0) is 27.2 Å². The second-order valence-electron chi connectivity index (χ2n) is 6.50. The lowest BCUT2D eigenvalue weighted by Crippen LogP contribution is -2.27. The molecule has 0 aliphatic heterocycles. The molecule has 0 aromatic carbocycles. The minimum Gasteiger partial charge on any atom is -0.459 e. The minimum absolute atomic E-state index is 0.0889. The molecule has 9 nitrogen and oxygen atoms in total. The molecule has 3 heterocycles. The Bertz CT molecular complexity index is 1120. The molecule has 29 heavy (non-hydrogen) atoms. The number of aromatic nitrogens is 4. The fraction of sp³-hybridized carbons (Fsp3) is 0.316. The number of aromatic amines is 1. The number of carbonyl (C=O) groups excluding carboxylic acids is 2. The molecule has 0 fully saturated rings. The van der Waals surface area contributed by atoms with Crippen LogP contribution in [0.1, 0.15) is 31.0 Å². The van der Waals surface area contributed by atoms with Crippen LogP contribution in [0.2, 0.25) is 0 Å². The maximum absolute atomic E-state index is 12.5. The highest BCUT2D eigenvalue weighted by molar-refractivity contribution is 7.13. The lowest BCUT2D eigenvalue weighted by Gasteiger charge is -2.15. The summed E-state index contributed by atoms with van der Waals surface area (Å²) >= 11 is 1.48. The molecule has 0 bridgehead atoms. The molecule has 1 aliphatic carbocycles. The summed E-state index contributed by atoms with van der Waals surface area (Å²) in [5, 5.41) is 8.91. The molecule has 0 radical (unpaired) electrons. The van der Waals surface area contributed by atoms with Crippen LogP contribution in [0.15, 0.2) is 28.4 Å². The quantitative estimate of drug-likeness (QED) is 0.499. The Morgan fingerprint density at radius 2 is 2.17 bits per heavy atom.